The SMILES string of the molecule is O=C(Cn1nc2c(N3CCCCCC3)nccn2c1=O)NCc1cc(F)cc(F)c1. The van der Waals surface area contributed by atoms with Gasteiger partial charge in [0.1, 0.15) is 18.2 Å². The van der Waals surface area contributed by atoms with Crippen molar-refractivity contribution in [3.05, 3.63) is 58.3 Å². The Kier molecular flexibility index (Phi) is 5.73. The molecular weight excluding hydrogens is 394 g/mol. The van der Waals surface area contributed by atoms with Crippen LogP contribution in [-0.2, 0) is 17.9 Å². The molecule has 4 rings (SSSR count). The summed E-state index contributed by atoms with van der Waals surface area (Å²) in [5.41, 5.74) is 0.246. The lowest BCUT2D eigenvalue weighted by molar-refractivity contribution is -0.122. The molecule has 10 heteroatoms. The topological polar surface area (TPSA) is 84.5 Å². The molecule has 1 N–H and O–H groups in total. The molecule has 1 saturated heterocycles. The van der Waals surface area contributed by atoms with Gasteiger partial charge in [0, 0.05) is 38.1 Å². The Hall–Kier alpha value is -3.30. The van der Waals surface area contributed by atoms with E-state index in [0.717, 1.165) is 61.7 Å². The summed E-state index contributed by atoms with van der Waals surface area (Å²) in [6, 6.07) is 3.04. The molecule has 0 saturated carbocycles. The van der Waals surface area contributed by atoms with Crippen molar-refractivity contribution in [2.45, 2.75) is 38.8 Å². The van der Waals surface area contributed by atoms with Crippen molar-refractivity contribution in [1.29, 1.82) is 0 Å². The maximum atomic E-state index is 13.3. The first-order valence-corrected chi connectivity index (χ1v) is 9.92. The number of nitrogens with zero attached hydrogens (tertiary/aromatic N) is 5. The third-order valence-electron chi connectivity index (χ3n) is 5.09. The fraction of sp³-hybridized carbons (Fsp3) is 0.400. The third kappa shape index (κ3) is 4.32. The molecule has 30 heavy (non-hydrogen) atoms. The van der Waals surface area contributed by atoms with Crippen molar-refractivity contribution in [2.75, 3.05) is 18.0 Å². The largest absolute Gasteiger partial charge is 0.353 e. The number of nitrogens with one attached hydrogen (secondary N) is 1. The van der Waals surface area contributed by atoms with E-state index in [1.807, 2.05) is 0 Å². The van der Waals surface area contributed by atoms with Crippen molar-refractivity contribution in [3.8, 4) is 0 Å². The predicted molar refractivity (Wildman–Crippen MR) is 106 cm³/mol. The highest BCUT2D eigenvalue weighted by Crippen LogP contribution is 2.20. The summed E-state index contributed by atoms with van der Waals surface area (Å²) in [7, 11) is 0. The lowest BCUT2D eigenvalue weighted by Crippen LogP contribution is -2.32. The van der Waals surface area contributed by atoms with E-state index >= 15 is 0 Å². The van der Waals surface area contributed by atoms with Crippen molar-refractivity contribution < 1.29 is 13.6 Å². The van der Waals surface area contributed by atoms with E-state index in [1.54, 1.807) is 6.20 Å². The van der Waals surface area contributed by atoms with Crippen LogP contribution in [0.5, 0.6) is 0 Å². The van der Waals surface area contributed by atoms with Crippen LogP contribution in [0.15, 0.2) is 35.4 Å². The van der Waals surface area contributed by atoms with Crippen LogP contribution in [0, 0.1) is 11.6 Å². The normalized spacial score (nSPS) is 14.7. The third-order valence-corrected chi connectivity index (χ3v) is 5.09. The summed E-state index contributed by atoms with van der Waals surface area (Å²) in [6.07, 6.45) is 7.51. The van der Waals surface area contributed by atoms with Gasteiger partial charge < -0.3 is 10.2 Å². The van der Waals surface area contributed by atoms with Gasteiger partial charge in [-0.05, 0) is 30.5 Å². The minimum absolute atomic E-state index is 0.0593. The molecule has 3 aromatic rings. The zero-order valence-corrected chi connectivity index (χ0v) is 16.4. The smallest absolute Gasteiger partial charge is 0.350 e. The van der Waals surface area contributed by atoms with E-state index in [1.165, 1.54) is 10.6 Å². The van der Waals surface area contributed by atoms with Crippen LogP contribution < -0.4 is 15.9 Å². The van der Waals surface area contributed by atoms with Gasteiger partial charge in [-0.15, -0.1) is 5.10 Å². The molecule has 8 nitrogen and oxygen atoms in total. The molecule has 1 aliphatic heterocycles. The van der Waals surface area contributed by atoms with Crippen LogP contribution in [0.3, 0.4) is 0 Å². The first kappa shape index (κ1) is 20.0. The maximum absolute atomic E-state index is 13.3. The highest BCUT2D eigenvalue weighted by atomic mass is 19.1. The summed E-state index contributed by atoms with van der Waals surface area (Å²) in [6.45, 7) is 1.32. The van der Waals surface area contributed by atoms with Gasteiger partial charge in [0.25, 0.3) is 0 Å². The number of rotatable bonds is 5. The average Bonchev–Trinajstić information content (AvgIpc) is 2.88. The highest BCUT2D eigenvalue weighted by molar-refractivity contribution is 5.75. The minimum atomic E-state index is -0.718. The maximum Gasteiger partial charge on any atom is 0.350 e. The number of carbonyl (C=O) groups is 1. The van der Waals surface area contributed by atoms with E-state index in [2.05, 4.69) is 20.3 Å². The number of carbonyl (C=O) groups excluding carboxylic acids is 1. The van der Waals surface area contributed by atoms with Gasteiger partial charge in [-0.2, -0.15) is 0 Å². The van der Waals surface area contributed by atoms with Gasteiger partial charge in [-0.3, -0.25) is 4.79 Å². The number of halogens is 2. The molecular formula is C20H22F2N6O2. The number of aromatic nitrogens is 4. The molecule has 158 valence electrons. The molecule has 1 fully saturated rings. The van der Waals surface area contributed by atoms with Crippen LogP contribution in [0.25, 0.3) is 5.65 Å². The Bertz CT molecular complexity index is 1100. The van der Waals surface area contributed by atoms with Gasteiger partial charge in [0.2, 0.25) is 11.6 Å². The first-order chi connectivity index (χ1) is 14.5. The standard InChI is InChI=1S/C20H22F2N6O2/c21-15-9-14(10-16(22)11-15)12-24-17(29)13-28-20(30)27-8-5-23-18(19(27)25-28)26-6-3-1-2-4-7-26/h5,8-11H,1-4,6-7,12-13H2,(H,24,29). The van der Waals surface area contributed by atoms with Crippen LogP contribution in [0.2, 0.25) is 0 Å². The van der Waals surface area contributed by atoms with E-state index in [0.29, 0.717) is 11.5 Å². The summed E-state index contributed by atoms with van der Waals surface area (Å²) >= 11 is 0. The lowest BCUT2D eigenvalue weighted by Gasteiger charge is -2.20. The van der Waals surface area contributed by atoms with E-state index < -0.39 is 23.2 Å². The van der Waals surface area contributed by atoms with Crippen LogP contribution in [0.1, 0.15) is 31.2 Å². The van der Waals surface area contributed by atoms with Crippen LogP contribution >= 0.6 is 0 Å². The summed E-state index contributed by atoms with van der Waals surface area (Å²) in [5.74, 6) is -1.30. The first-order valence-electron chi connectivity index (χ1n) is 9.92. The van der Waals surface area contributed by atoms with Gasteiger partial charge in [0.05, 0.1) is 0 Å². The van der Waals surface area contributed by atoms with Crippen molar-refractivity contribution >= 4 is 17.4 Å². The second kappa shape index (κ2) is 8.60. The predicted octanol–water partition coefficient (Wildman–Crippen LogP) is 1.87. The fourth-order valence-electron chi connectivity index (χ4n) is 3.65. The Labute approximate surface area is 171 Å². The number of hydrogen-bond acceptors (Lipinski definition) is 5. The average molecular weight is 416 g/mol. The molecule has 0 unspecified atom stereocenters. The molecule has 3 heterocycles. The molecule has 1 amide bonds. The Morgan fingerprint density at radius 3 is 2.47 bits per heavy atom. The van der Waals surface area contributed by atoms with Gasteiger partial charge >= 0.3 is 5.69 Å². The summed E-state index contributed by atoms with van der Waals surface area (Å²) < 4.78 is 29.0. The van der Waals surface area contributed by atoms with Crippen molar-refractivity contribution in [3.63, 3.8) is 0 Å². The molecule has 1 aliphatic rings. The van der Waals surface area contributed by atoms with Crippen LogP contribution in [-0.4, -0.2) is 38.2 Å². The molecule has 0 spiro atoms. The van der Waals surface area contributed by atoms with Crippen LogP contribution in [0.4, 0.5) is 14.6 Å². The Balaban J connectivity index is 1.51. The quantitative estimate of drug-likeness (QED) is 0.687. The van der Waals surface area contributed by atoms with Gasteiger partial charge in [-0.1, -0.05) is 12.8 Å². The van der Waals surface area contributed by atoms with Gasteiger partial charge in [0.15, 0.2) is 5.82 Å². The number of fused-ring (bicyclic) bond motifs is 1. The lowest BCUT2D eigenvalue weighted by atomic mass is 10.2. The van der Waals surface area contributed by atoms with Crippen molar-refractivity contribution in [2.24, 2.45) is 0 Å². The zero-order valence-electron chi connectivity index (χ0n) is 16.4. The zero-order chi connectivity index (χ0) is 21.1. The molecule has 2 aromatic heterocycles. The fourth-order valence-corrected chi connectivity index (χ4v) is 3.65. The molecule has 1 aromatic carbocycles. The van der Waals surface area contributed by atoms with E-state index in [-0.39, 0.29) is 18.7 Å². The molecule has 0 atom stereocenters. The highest BCUT2D eigenvalue weighted by Gasteiger charge is 2.19. The molecule has 0 aliphatic carbocycles. The summed E-state index contributed by atoms with van der Waals surface area (Å²) in [5, 5.41) is 6.88. The second-order valence-electron chi connectivity index (χ2n) is 7.34. The monoisotopic (exact) mass is 416 g/mol. The molecule has 0 bridgehead atoms. The minimum Gasteiger partial charge on any atom is -0.353 e. The number of benzene rings is 1. The Morgan fingerprint density at radius 1 is 1.07 bits per heavy atom. The Morgan fingerprint density at radius 2 is 1.77 bits per heavy atom. The number of amides is 1. The van der Waals surface area contributed by atoms with E-state index in [4.69, 9.17) is 0 Å². The summed E-state index contributed by atoms with van der Waals surface area (Å²) in [4.78, 5) is 31.5. The second-order valence-corrected chi connectivity index (χ2v) is 7.34. The van der Waals surface area contributed by atoms with Gasteiger partial charge in [-0.25, -0.2) is 27.6 Å². The van der Waals surface area contributed by atoms with E-state index in [9.17, 15) is 18.4 Å². The molecule has 0 radical (unpaired) electrons. The van der Waals surface area contributed by atoms with Crippen molar-refractivity contribution in [1.82, 2.24) is 24.5 Å². The number of hydrogen-bond donors (Lipinski definition) is 1. The number of anilines is 1.